The number of benzene rings is 1. The fourth-order valence-electron chi connectivity index (χ4n) is 3.18. The van der Waals surface area contributed by atoms with Crippen LogP contribution in [0.4, 0.5) is 5.69 Å². The summed E-state index contributed by atoms with van der Waals surface area (Å²) in [7, 11) is 0. The summed E-state index contributed by atoms with van der Waals surface area (Å²) in [6, 6.07) is 8.18. The van der Waals surface area contributed by atoms with E-state index in [4.69, 9.17) is 9.26 Å². The molecule has 0 saturated heterocycles. The van der Waals surface area contributed by atoms with Gasteiger partial charge in [-0.3, -0.25) is 9.59 Å². The van der Waals surface area contributed by atoms with Gasteiger partial charge in [0.15, 0.2) is 12.4 Å². The maximum absolute atomic E-state index is 12.8. The number of fused-ring (bicyclic) bond motifs is 1. The summed E-state index contributed by atoms with van der Waals surface area (Å²) in [6.45, 7) is 4.93. The van der Waals surface area contributed by atoms with E-state index < -0.39 is 12.6 Å². The number of ketones is 1. The van der Waals surface area contributed by atoms with E-state index in [1.807, 2.05) is 0 Å². The van der Waals surface area contributed by atoms with Gasteiger partial charge in [0, 0.05) is 28.8 Å². The lowest BCUT2D eigenvalue weighted by Gasteiger charge is -2.09. The molecule has 4 rings (SSSR count). The fraction of sp³-hybridized carbons (Fsp3) is 0.348. The van der Waals surface area contributed by atoms with Crippen molar-refractivity contribution in [2.24, 2.45) is 5.92 Å². The Morgan fingerprint density at radius 2 is 1.90 bits per heavy atom. The van der Waals surface area contributed by atoms with Crippen molar-refractivity contribution < 1.29 is 23.6 Å². The van der Waals surface area contributed by atoms with Crippen molar-refractivity contribution in [3.05, 3.63) is 52.8 Å². The molecule has 160 valence electrons. The molecule has 1 aromatic carbocycles. The summed E-state index contributed by atoms with van der Waals surface area (Å²) in [5, 5.41) is 7.17. The Morgan fingerprint density at radius 3 is 2.55 bits per heavy atom. The molecule has 8 nitrogen and oxygen atoms in total. The van der Waals surface area contributed by atoms with Crippen molar-refractivity contribution in [1.82, 2.24) is 10.1 Å². The molecule has 1 fully saturated rings. The van der Waals surface area contributed by atoms with Crippen LogP contribution in [0.15, 0.2) is 34.9 Å². The van der Waals surface area contributed by atoms with Gasteiger partial charge in [0.1, 0.15) is 0 Å². The van der Waals surface area contributed by atoms with Gasteiger partial charge in [0.05, 0.1) is 16.6 Å². The minimum Gasteiger partial charge on any atom is -0.454 e. The highest BCUT2D eigenvalue weighted by atomic mass is 16.5. The van der Waals surface area contributed by atoms with Crippen LogP contribution >= 0.6 is 0 Å². The number of carbonyl (C=O) groups excluding carboxylic acids is 3. The first-order valence-electron chi connectivity index (χ1n) is 10.2. The highest BCUT2D eigenvalue weighted by Crippen LogP contribution is 2.40. The number of nitrogens with zero attached hydrogens (tertiary/aromatic N) is 2. The monoisotopic (exact) mass is 421 g/mol. The summed E-state index contributed by atoms with van der Waals surface area (Å²) in [5.41, 5.74) is 2.92. The molecule has 0 aliphatic heterocycles. The van der Waals surface area contributed by atoms with E-state index in [0.29, 0.717) is 39.5 Å². The van der Waals surface area contributed by atoms with Crippen LogP contribution in [0.2, 0.25) is 0 Å². The fourth-order valence-corrected chi connectivity index (χ4v) is 3.18. The summed E-state index contributed by atoms with van der Waals surface area (Å²) >= 11 is 0. The molecule has 1 saturated carbocycles. The highest BCUT2D eigenvalue weighted by Gasteiger charge is 2.29. The summed E-state index contributed by atoms with van der Waals surface area (Å²) in [5.74, 6) is -0.890. The number of aromatic nitrogens is 2. The van der Waals surface area contributed by atoms with Gasteiger partial charge in [-0.1, -0.05) is 19.0 Å². The van der Waals surface area contributed by atoms with Gasteiger partial charge in [0.2, 0.25) is 5.91 Å². The minimum absolute atomic E-state index is 0.105. The number of aryl methyl sites for hydroxylation is 1. The number of carbonyl (C=O) groups is 3. The van der Waals surface area contributed by atoms with Gasteiger partial charge in [-0.2, -0.15) is 0 Å². The maximum Gasteiger partial charge on any atom is 0.339 e. The van der Waals surface area contributed by atoms with Gasteiger partial charge in [-0.25, -0.2) is 9.78 Å². The molecule has 0 radical (unpaired) electrons. The summed E-state index contributed by atoms with van der Waals surface area (Å²) in [6.07, 6.45) is 2.04. The molecule has 8 heteroatoms. The molecular weight excluding hydrogens is 398 g/mol. The molecule has 0 spiro atoms. The topological polar surface area (TPSA) is 111 Å². The van der Waals surface area contributed by atoms with Crippen LogP contribution in [0.5, 0.6) is 0 Å². The second-order valence-corrected chi connectivity index (χ2v) is 8.04. The zero-order valence-corrected chi connectivity index (χ0v) is 17.6. The number of pyridine rings is 1. The van der Waals surface area contributed by atoms with Gasteiger partial charge in [-0.15, -0.1) is 0 Å². The van der Waals surface area contributed by atoms with Crippen molar-refractivity contribution in [3.8, 4) is 0 Å². The molecule has 1 amide bonds. The third-order valence-corrected chi connectivity index (χ3v) is 5.19. The number of anilines is 1. The lowest BCUT2D eigenvalue weighted by Crippen LogP contribution is -2.18. The van der Waals surface area contributed by atoms with Crippen LogP contribution in [0.25, 0.3) is 11.1 Å². The number of amides is 1. The van der Waals surface area contributed by atoms with E-state index in [2.05, 4.69) is 15.5 Å². The average Bonchev–Trinajstić information content (AvgIpc) is 3.55. The van der Waals surface area contributed by atoms with Crippen LogP contribution < -0.4 is 5.32 Å². The van der Waals surface area contributed by atoms with E-state index >= 15 is 0 Å². The second kappa shape index (κ2) is 8.29. The standard InChI is InChI=1S/C23H23N3O5/c1-12(2)21(28)24-16-8-6-15(7-9-16)19(27)11-30-23(29)17-10-18(14-4-5-14)25-22-20(17)13(3)26-31-22/h6-10,12,14H,4-5,11H2,1-3H3,(H,24,28). The van der Waals surface area contributed by atoms with E-state index in [-0.39, 0.29) is 17.6 Å². The molecule has 0 atom stereocenters. The number of nitrogens with one attached hydrogen (secondary N) is 1. The minimum atomic E-state index is -0.616. The Bertz CT molecular complexity index is 1160. The van der Waals surface area contributed by atoms with Gasteiger partial charge in [0.25, 0.3) is 5.71 Å². The third-order valence-electron chi connectivity index (χ3n) is 5.19. The first-order valence-corrected chi connectivity index (χ1v) is 10.2. The Labute approximate surface area is 179 Å². The molecular formula is C23H23N3O5. The normalized spacial score (nSPS) is 13.4. The van der Waals surface area contributed by atoms with Crippen LogP contribution in [0, 0.1) is 12.8 Å². The Kier molecular flexibility index (Phi) is 5.54. The van der Waals surface area contributed by atoms with Crippen LogP contribution in [-0.2, 0) is 9.53 Å². The smallest absolute Gasteiger partial charge is 0.339 e. The Hall–Kier alpha value is -3.55. The van der Waals surface area contributed by atoms with Crippen molar-refractivity contribution in [2.45, 2.75) is 39.5 Å². The number of Topliss-reactive ketones (excluding diaryl/α,β-unsaturated/α-hetero) is 1. The third kappa shape index (κ3) is 4.47. The van der Waals surface area contributed by atoms with Gasteiger partial charge >= 0.3 is 5.97 Å². The summed E-state index contributed by atoms with van der Waals surface area (Å²) < 4.78 is 10.5. The molecule has 1 aliphatic carbocycles. The molecule has 1 N–H and O–H groups in total. The quantitative estimate of drug-likeness (QED) is 0.452. The average molecular weight is 421 g/mol. The Balaban J connectivity index is 1.45. The second-order valence-electron chi connectivity index (χ2n) is 8.04. The zero-order chi connectivity index (χ0) is 22.1. The molecule has 2 heterocycles. The summed E-state index contributed by atoms with van der Waals surface area (Å²) in [4.78, 5) is 41.4. The van der Waals surface area contributed by atoms with Crippen molar-refractivity contribution >= 4 is 34.4 Å². The number of hydrogen-bond acceptors (Lipinski definition) is 7. The molecule has 3 aromatic rings. The first kappa shape index (κ1) is 20.7. The number of rotatable bonds is 7. The number of ether oxygens (including phenoxy) is 1. The van der Waals surface area contributed by atoms with Crippen LogP contribution in [0.1, 0.15) is 64.7 Å². The van der Waals surface area contributed by atoms with E-state index in [1.165, 1.54) is 0 Å². The van der Waals surface area contributed by atoms with Crippen LogP contribution in [-0.4, -0.2) is 34.4 Å². The van der Waals surface area contributed by atoms with E-state index in [0.717, 1.165) is 18.5 Å². The van der Waals surface area contributed by atoms with Gasteiger partial charge in [-0.05, 0) is 50.1 Å². The Morgan fingerprint density at radius 1 is 1.19 bits per heavy atom. The van der Waals surface area contributed by atoms with Crippen LogP contribution in [0.3, 0.4) is 0 Å². The van der Waals surface area contributed by atoms with Crippen molar-refractivity contribution in [2.75, 3.05) is 11.9 Å². The first-order chi connectivity index (χ1) is 14.8. The SMILES string of the molecule is Cc1noc2nc(C3CC3)cc(C(=O)OCC(=O)c3ccc(NC(=O)C(C)C)cc3)c12. The predicted molar refractivity (Wildman–Crippen MR) is 113 cm³/mol. The largest absolute Gasteiger partial charge is 0.454 e. The lowest BCUT2D eigenvalue weighted by atomic mass is 10.1. The van der Waals surface area contributed by atoms with Crippen molar-refractivity contribution in [3.63, 3.8) is 0 Å². The van der Waals surface area contributed by atoms with Gasteiger partial charge < -0.3 is 14.6 Å². The zero-order valence-electron chi connectivity index (χ0n) is 17.6. The lowest BCUT2D eigenvalue weighted by molar-refractivity contribution is -0.118. The maximum atomic E-state index is 12.8. The van der Waals surface area contributed by atoms with E-state index in [1.54, 1.807) is 51.1 Å². The molecule has 0 bridgehead atoms. The van der Waals surface area contributed by atoms with Crippen molar-refractivity contribution in [1.29, 1.82) is 0 Å². The molecule has 0 unspecified atom stereocenters. The molecule has 1 aliphatic rings. The number of hydrogen-bond donors (Lipinski definition) is 1. The number of esters is 1. The van der Waals surface area contributed by atoms with E-state index in [9.17, 15) is 14.4 Å². The molecule has 31 heavy (non-hydrogen) atoms. The molecule has 2 aromatic heterocycles. The predicted octanol–water partition coefficient (Wildman–Crippen LogP) is 4.04. The highest BCUT2D eigenvalue weighted by molar-refractivity contribution is 6.05.